The molecular weight excluding hydrogens is 306 g/mol. The van der Waals surface area contributed by atoms with E-state index in [1.54, 1.807) is 0 Å². The van der Waals surface area contributed by atoms with Gasteiger partial charge >= 0.3 is 0 Å². The zero-order valence-electron chi connectivity index (χ0n) is 10.3. The second kappa shape index (κ2) is 5.13. The van der Waals surface area contributed by atoms with E-state index in [1.807, 2.05) is 36.4 Å². The molecule has 0 aromatic heterocycles. The second-order valence-electron chi connectivity index (χ2n) is 4.54. The Kier molecular flexibility index (Phi) is 3.34. The lowest BCUT2D eigenvalue weighted by atomic mass is 10.1. The van der Waals surface area contributed by atoms with Gasteiger partial charge in [-0.25, -0.2) is 0 Å². The molecule has 1 atom stereocenters. The number of nitrogen functional groups attached to an aromatic ring is 1. The molecule has 0 bridgehead atoms. The number of benzene rings is 2. The monoisotopic (exact) mass is 319 g/mol. The lowest BCUT2D eigenvalue weighted by Gasteiger charge is -2.13. The minimum Gasteiger partial charge on any atom is -0.488 e. The number of hydrogen-bond donors (Lipinski definition) is 1. The third-order valence-electron chi connectivity index (χ3n) is 3.11. The summed E-state index contributed by atoms with van der Waals surface area (Å²) in [6, 6.07) is 13.6. The van der Waals surface area contributed by atoms with Gasteiger partial charge in [-0.05, 0) is 35.9 Å². The highest BCUT2D eigenvalue weighted by Gasteiger charge is 2.23. The van der Waals surface area contributed by atoms with Crippen molar-refractivity contribution in [1.82, 2.24) is 0 Å². The Balaban J connectivity index is 1.63. The quantitative estimate of drug-likeness (QED) is 0.882. The molecule has 19 heavy (non-hydrogen) atoms. The summed E-state index contributed by atoms with van der Waals surface area (Å²) in [5.74, 6) is 1.65. The molecule has 0 saturated carbocycles. The summed E-state index contributed by atoms with van der Waals surface area (Å²) < 4.78 is 12.6. The van der Waals surface area contributed by atoms with Crippen LogP contribution in [0.1, 0.15) is 5.56 Å². The Morgan fingerprint density at radius 2 is 2.11 bits per heavy atom. The van der Waals surface area contributed by atoms with Crippen LogP contribution in [0, 0.1) is 0 Å². The molecular formula is C15H14BrNO2. The number of para-hydroxylation sites is 2. The number of halogens is 1. The van der Waals surface area contributed by atoms with E-state index in [9.17, 15) is 0 Å². The van der Waals surface area contributed by atoms with Crippen LogP contribution >= 0.6 is 15.9 Å². The second-order valence-corrected chi connectivity index (χ2v) is 5.46. The standard InChI is InChI=1S/C15H14BrNO2/c16-11-5-6-14-10(7-11)8-12(19-14)9-18-15-4-2-1-3-13(15)17/h1-7,12H,8-9,17H2. The Bertz CT molecular complexity index is 600. The van der Waals surface area contributed by atoms with Crippen LogP contribution in [-0.4, -0.2) is 12.7 Å². The summed E-state index contributed by atoms with van der Waals surface area (Å²) in [5, 5.41) is 0. The number of fused-ring (bicyclic) bond motifs is 1. The highest BCUT2D eigenvalue weighted by Crippen LogP contribution is 2.31. The Labute approximate surface area is 120 Å². The van der Waals surface area contributed by atoms with Gasteiger partial charge < -0.3 is 15.2 Å². The van der Waals surface area contributed by atoms with Crippen molar-refractivity contribution in [2.24, 2.45) is 0 Å². The van der Waals surface area contributed by atoms with Crippen molar-refractivity contribution >= 4 is 21.6 Å². The van der Waals surface area contributed by atoms with Crippen molar-refractivity contribution in [1.29, 1.82) is 0 Å². The zero-order valence-corrected chi connectivity index (χ0v) is 11.9. The van der Waals surface area contributed by atoms with Gasteiger partial charge in [-0.1, -0.05) is 28.1 Å². The molecule has 3 rings (SSSR count). The maximum absolute atomic E-state index is 5.84. The van der Waals surface area contributed by atoms with Crippen LogP contribution < -0.4 is 15.2 Å². The highest BCUT2D eigenvalue weighted by atomic mass is 79.9. The summed E-state index contributed by atoms with van der Waals surface area (Å²) in [6.07, 6.45) is 0.908. The Hall–Kier alpha value is -1.68. The molecule has 3 nitrogen and oxygen atoms in total. The van der Waals surface area contributed by atoms with Crippen LogP contribution in [0.15, 0.2) is 46.9 Å². The van der Waals surface area contributed by atoms with Crippen LogP contribution in [-0.2, 0) is 6.42 Å². The average Bonchev–Trinajstić information content (AvgIpc) is 2.79. The largest absolute Gasteiger partial charge is 0.488 e. The fraction of sp³-hybridized carbons (Fsp3) is 0.200. The van der Waals surface area contributed by atoms with Crippen molar-refractivity contribution in [3.05, 3.63) is 52.5 Å². The van der Waals surface area contributed by atoms with Gasteiger partial charge in [0.15, 0.2) is 0 Å². The van der Waals surface area contributed by atoms with Crippen molar-refractivity contribution in [3.8, 4) is 11.5 Å². The molecule has 2 N–H and O–H groups in total. The fourth-order valence-corrected chi connectivity index (χ4v) is 2.59. The van der Waals surface area contributed by atoms with E-state index in [0.29, 0.717) is 18.0 Å². The number of anilines is 1. The van der Waals surface area contributed by atoms with Gasteiger partial charge in [0.25, 0.3) is 0 Å². The summed E-state index contributed by atoms with van der Waals surface area (Å²) in [6.45, 7) is 0.501. The van der Waals surface area contributed by atoms with E-state index in [1.165, 1.54) is 5.56 Å². The molecule has 0 fully saturated rings. The average molecular weight is 320 g/mol. The summed E-state index contributed by atoms with van der Waals surface area (Å²) in [5.41, 5.74) is 7.70. The maximum atomic E-state index is 5.84. The number of nitrogens with two attached hydrogens (primary N) is 1. The third-order valence-corrected chi connectivity index (χ3v) is 3.60. The first-order valence-corrected chi connectivity index (χ1v) is 6.94. The van der Waals surface area contributed by atoms with Gasteiger partial charge in [-0.15, -0.1) is 0 Å². The van der Waals surface area contributed by atoms with E-state index < -0.39 is 0 Å². The van der Waals surface area contributed by atoms with Crippen LogP contribution in [0.4, 0.5) is 5.69 Å². The van der Waals surface area contributed by atoms with Crippen molar-refractivity contribution in [3.63, 3.8) is 0 Å². The first-order valence-electron chi connectivity index (χ1n) is 6.15. The minimum atomic E-state index is 0.0453. The van der Waals surface area contributed by atoms with Crippen molar-refractivity contribution in [2.75, 3.05) is 12.3 Å². The first kappa shape index (κ1) is 12.4. The van der Waals surface area contributed by atoms with Gasteiger partial charge in [0, 0.05) is 10.9 Å². The first-order chi connectivity index (χ1) is 9.22. The molecule has 0 aliphatic carbocycles. The summed E-state index contributed by atoms with van der Waals surface area (Å²) in [7, 11) is 0. The molecule has 98 valence electrons. The molecule has 1 unspecified atom stereocenters. The van der Waals surface area contributed by atoms with E-state index in [2.05, 4.69) is 22.0 Å². The lowest BCUT2D eigenvalue weighted by molar-refractivity contribution is 0.149. The zero-order chi connectivity index (χ0) is 13.2. The third kappa shape index (κ3) is 2.68. The molecule has 0 amide bonds. The Morgan fingerprint density at radius 1 is 1.26 bits per heavy atom. The molecule has 1 heterocycles. The van der Waals surface area contributed by atoms with E-state index in [-0.39, 0.29) is 6.10 Å². The topological polar surface area (TPSA) is 44.5 Å². The molecule has 4 heteroatoms. The fourth-order valence-electron chi connectivity index (χ4n) is 2.18. The molecule has 1 aliphatic heterocycles. The van der Waals surface area contributed by atoms with Gasteiger partial charge in [0.05, 0.1) is 5.69 Å². The summed E-state index contributed by atoms with van der Waals surface area (Å²) >= 11 is 3.47. The van der Waals surface area contributed by atoms with Crippen LogP contribution in [0.5, 0.6) is 11.5 Å². The van der Waals surface area contributed by atoms with E-state index in [0.717, 1.165) is 16.6 Å². The molecule has 0 saturated heterocycles. The molecule has 1 aliphatic rings. The molecule has 0 radical (unpaired) electrons. The molecule has 2 aromatic carbocycles. The normalized spacial score (nSPS) is 16.8. The minimum absolute atomic E-state index is 0.0453. The summed E-state index contributed by atoms with van der Waals surface area (Å²) in [4.78, 5) is 0. The van der Waals surface area contributed by atoms with Crippen molar-refractivity contribution < 1.29 is 9.47 Å². The number of ether oxygens (including phenoxy) is 2. The molecule has 2 aromatic rings. The highest BCUT2D eigenvalue weighted by molar-refractivity contribution is 9.10. The number of hydrogen-bond acceptors (Lipinski definition) is 3. The van der Waals surface area contributed by atoms with Gasteiger partial charge in [0.2, 0.25) is 0 Å². The predicted octanol–water partition coefficient (Wildman–Crippen LogP) is 3.41. The van der Waals surface area contributed by atoms with E-state index >= 15 is 0 Å². The van der Waals surface area contributed by atoms with Crippen molar-refractivity contribution in [2.45, 2.75) is 12.5 Å². The number of rotatable bonds is 3. The Morgan fingerprint density at radius 3 is 2.95 bits per heavy atom. The van der Waals surface area contributed by atoms with Gasteiger partial charge in [-0.2, -0.15) is 0 Å². The van der Waals surface area contributed by atoms with Gasteiger partial charge in [-0.3, -0.25) is 0 Å². The molecule has 0 spiro atoms. The van der Waals surface area contributed by atoms with Crippen LogP contribution in [0.25, 0.3) is 0 Å². The van der Waals surface area contributed by atoms with Gasteiger partial charge in [0.1, 0.15) is 24.2 Å². The van der Waals surface area contributed by atoms with Crippen LogP contribution in [0.3, 0.4) is 0 Å². The van der Waals surface area contributed by atoms with E-state index in [4.69, 9.17) is 15.2 Å². The van der Waals surface area contributed by atoms with Crippen LogP contribution in [0.2, 0.25) is 0 Å². The SMILES string of the molecule is Nc1ccccc1OCC1Cc2cc(Br)ccc2O1. The smallest absolute Gasteiger partial charge is 0.142 e. The lowest BCUT2D eigenvalue weighted by Crippen LogP contribution is -2.22. The predicted molar refractivity (Wildman–Crippen MR) is 78.6 cm³/mol. The maximum Gasteiger partial charge on any atom is 0.142 e.